The minimum atomic E-state index is -0.201. The van der Waals surface area contributed by atoms with Crippen LogP contribution >= 0.6 is 11.8 Å². The van der Waals surface area contributed by atoms with Gasteiger partial charge in [0.1, 0.15) is 5.60 Å². The van der Waals surface area contributed by atoms with Crippen LogP contribution in [-0.2, 0) is 0 Å². The van der Waals surface area contributed by atoms with Gasteiger partial charge in [0.15, 0.2) is 11.5 Å². The van der Waals surface area contributed by atoms with E-state index >= 15 is 0 Å². The predicted molar refractivity (Wildman–Crippen MR) is 72.3 cm³/mol. The summed E-state index contributed by atoms with van der Waals surface area (Å²) in [5.41, 5.74) is -0.201. The summed E-state index contributed by atoms with van der Waals surface area (Å²) < 4.78 is 11.9. The van der Waals surface area contributed by atoms with Crippen LogP contribution in [0.25, 0.3) is 0 Å². The Kier molecular flexibility index (Phi) is 3.57. The third-order valence-electron chi connectivity index (χ3n) is 2.39. The molecule has 1 aromatic rings. The van der Waals surface area contributed by atoms with Gasteiger partial charge in [-0.1, -0.05) is 6.07 Å². The normalized spacial score (nSPS) is 15.8. The van der Waals surface area contributed by atoms with Crippen LogP contribution in [0.3, 0.4) is 0 Å². The van der Waals surface area contributed by atoms with Gasteiger partial charge in [0.05, 0.1) is 11.0 Å². The Morgan fingerprint density at radius 1 is 1.24 bits per heavy atom. The third kappa shape index (κ3) is 3.56. The van der Waals surface area contributed by atoms with Crippen molar-refractivity contribution in [3.8, 4) is 11.5 Å². The Balaban J connectivity index is 2.28. The minimum absolute atomic E-state index is 0.201. The Morgan fingerprint density at radius 2 is 1.94 bits per heavy atom. The third-order valence-corrected chi connectivity index (χ3v) is 3.15. The molecule has 0 bridgehead atoms. The number of ether oxygens (including phenoxy) is 2. The number of hydrogen-bond donors (Lipinski definition) is 0. The van der Waals surface area contributed by atoms with E-state index in [4.69, 9.17) is 9.47 Å². The maximum atomic E-state index is 6.04. The zero-order valence-corrected chi connectivity index (χ0v) is 11.8. The summed E-state index contributed by atoms with van der Waals surface area (Å²) in [6.07, 6.45) is 4.79. The fourth-order valence-electron chi connectivity index (χ4n) is 1.52. The lowest BCUT2D eigenvalue weighted by molar-refractivity contribution is 0.118. The quantitative estimate of drug-likeness (QED) is 0.751. The summed E-state index contributed by atoms with van der Waals surface area (Å²) in [6.45, 7) is 6.18. The summed E-state index contributed by atoms with van der Waals surface area (Å²) in [6, 6.07) is 6.10. The SMILES string of the molecule is CSc1cccc(OC2CC2)c1OC(C)(C)C. The lowest BCUT2D eigenvalue weighted by Crippen LogP contribution is -2.23. The lowest BCUT2D eigenvalue weighted by atomic mass is 10.2. The molecule has 2 nitrogen and oxygen atoms in total. The average Bonchev–Trinajstić information content (AvgIpc) is 3.02. The molecule has 0 atom stereocenters. The molecule has 1 aromatic carbocycles. The molecule has 1 saturated carbocycles. The number of thioether (sulfide) groups is 1. The summed E-state index contributed by atoms with van der Waals surface area (Å²) in [5.74, 6) is 1.77. The van der Waals surface area contributed by atoms with Gasteiger partial charge in [-0.25, -0.2) is 0 Å². The highest BCUT2D eigenvalue weighted by molar-refractivity contribution is 7.98. The van der Waals surface area contributed by atoms with E-state index in [9.17, 15) is 0 Å². The van der Waals surface area contributed by atoms with Crippen molar-refractivity contribution < 1.29 is 9.47 Å². The highest BCUT2D eigenvalue weighted by Crippen LogP contribution is 2.41. The topological polar surface area (TPSA) is 18.5 Å². The van der Waals surface area contributed by atoms with Gasteiger partial charge in [0.2, 0.25) is 0 Å². The van der Waals surface area contributed by atoms with Gasteiger partial charge >= 0.3 is 0 Å². The van der Waals surface area contributed by atoms with Crippen LogP contribution in [0.4, 0.5) is 0 Å². The Labute approximate surface area is 108 Å². The number of rotatable bonds is 4. The second kappa shape index (κ2) is 4.81. The zero-order valence-electron chi connectivity index (χ0n) is 10.9. The van der Waals surface area contributed by atoms with Crippen LogP contribution in [0.1, 0.15) is 33.6 Å². The van der Waals surface area contributed by atoms with Crippen LogP contribution in [-0.4, -0.2) is 18.0 Å². The van der Waals surface area contributed by atoms with E-state index in [1.807, 2.05) is 12.1 Å². The van der Waals surface area contributed by atoms with E-state index in [2.05, 4.69) is 33.1 Å². The average molecular weight is 252 g/mol. The van der Waals surface area contributed by atoms with E-state index < -0.39 is 0 Å². The molecule has 2 rings (SSSR count). The molecule has 1 aliphatic carbocycles. The standard InChI is InChI=1S/C14H20O2S/c1-14(2,3)16-13-11(15-10-8-9-10)6-5-7-12(13)17-4/h5-7,10H,8-9H2,1-4H3. The van der Waals surface area contributed by atoms with Crippen LogP contribution in [0.2, 0.25) is 0 Å². The first-order chi connectivity index (χ1) is 7.99. The first-order valence-electron chi connectivity index (χ1n) is 6.02. The highest BCUT2D eigenvalue weighted by Gasteiger charge is 2.26. The van der Waals surface area contributed by atoms with Crippen LogP contribution < -0.4 is 9.47 Å². The Morgan fingerprint density at radius 3 is 2.47 bits per heavy atom. The molecule has 0 amide bonds. The van der Waals surface area contributed by atoms with E-state index in [-0.39, 0.29) is 5.60 Å². The molecule has 1 fully saturated rings. The van der Waals surface area contributed by atoms with Gasteiger partial charge in [-0.3, -0.25) is 0 Å². The minimum Gasteiger partial charge on any atom is -0.486 e. The molecule has 17 heavy (non-hydrogen) atoms. The molecule has 0 heterocycles. The summed E-state index contributed by atoms with van der Waals surface area (Å²) >= 11 is 1.69. The van der Waals surface area contributed by atoms with Crippen molar-refractivity contribution >= 4 is 11.8 Å². The monoisotopic (exact) mass is 252 g/mol. The molecule has 0 aromatic heterocycles. The maximum Gasteiger partial charge on any atom is 0.175 e. The van der Waals surface area contributed by atoms with Crippen LogP contribution in [0.15, 0.2) is 23.1 Å². The Hall–Kier alpha value is -0.830. The molecule has 0 spiro atoms. The molecule has 0 unspecified atom stereocenters. The maximum absolute atomic E-state index is 6.04. The molecule has 0 saturated heterocycles. The molecule has 0 radical (unpaired) electrons. The van der Waals surface area contributed by atoms with Crippen molar-refractivity contribution in [2.75, 3.05) is 6.26 Å². The van der Waals surface area contributed by atoms with E-state index in [0.29, 0.717) is 6.10 Å². The van der Waals surface area contributed by atoms with Gasteiger partial charge in [-0.2, -0.15) is 0 Å². The lowest BCUT2D eigenvalue weighted by Gasteiger charge is -2.24. The molecule has 94 valence electrons. The second-order valence-corrected chi connectivity index (χ2v) is 6.17. The summed E-state index contributed by atoms with van der Waals surface area (Å²) in [5, 5.41) is 0. The summed E-state index contributed by atoms with van der Waals surface area (Å²) in [7, 11) is 0. The highest BCUT2D eigenvalue weighted by atomic mass is 32.2. The second-order valence-electron chi connectivity index (χ2n) is 5.32. The van der Waals surface area contributed by atoms with E-state index in [1.165, 1.54) is 12.8 Å². The predicted octanol–water partition coefficient (Wildman–Crippen LogP) is 4.13. The fourth-order valence-corrected chi connectivity index (χ4v) is 2.06. The molecular formula is C14H20O2S. The van der Waals surface area contributed by atoms with Crippen molar-refractivity contribution in [1.82, 2.24) is 0 Å². The molecule has 3 heteroatoms. The van der Waals surface area contributed by atoms with E-state index in [1.54, 1.807) is 11.8 Å². The van der Waals surface area contributed by atoms with Crippen molar-refractivity contribution in [3.05, 3.63) is 18.2 Å². The molecule has 0 N–H and O–H groups in total. The first-order valence-corrected chi connectivity index (χ1v) is 7.25. The number of hydrogen-bond acceptors (Lipinski definition) is 3. The van der Waals surface area contributed by atoms with Crippen molar-refractivity contribution in [2.45, 2.75) is 50.2 Å². The number of para-hydroxylation sites is 1. The molecule has 1 aliphatic rings. The van der Waals surface area contributed by atoms with Gasteiger partial charge in [0.25, 0.3) is 0 Å². The van der Waals surface area contributed by atoms with Gasteiger partial charge < -0.3 is 9.47 Å². The largest absolute Gasteiger partial charge is 0.486 e. The Bertz CT molecular complexity index is 392. The fraction of sp³-hybridized carbons (Fsp3) is 0.571. The smallest absolute Gasteiger partial charge is 0.175 e. The van der Waals surface area contributed by atoms with Crippen molar-refractivity contribution in [2.24, 2.45) is 0 Å². The van der Waals surface area contributed by atoms with Crippen molar-refractivity contribution in [3.63, 3.8) is 0 Å². The van der Waals surface area contributed by atoms with Crippen LogP contribution in [0.5, 0.6) is 11.5 Å². The molecular weight excluding hydrogens is 232 g/mol. The van der Waals surface area contributed by atoms with Gasteiger partial charge in [-0.15, -0.1) is 11.8 Å². The van der Waals surface area contributed by atoms with Gasteiger partial charge in [-0.05, 0) is 52.0 Å². The number of benzene rings is 1. The summed E-state index contributed by atoms with van der Waals surface area (Å²) in [4.78, 5) is 1.14. The van der Waals surface area contributed by atoms with E-state index in [0.717, 1.165) is 16.4 Å². The van der Waals surface area contributed by atoms with Gasteiger partial charge in [0, 0.05) is 0 Å². The first kappa shape index (κ1) is 12.6. The zero-order chi connectivity index (χ0) is 12.5. The van der Waals surface area contributed by atoms with Crippen LogP contribution in [0, 0.1) is 0 Å². The molecule has 0 aliphatic heterocycles. The van der Waals surface area contributed by atoms with Crippen molar-refractivity contribution in [1.29, 1.82) is 0 Å².